The molecule has 96 valence electrons. The van der Waals surface area contributed by atoms with Crippen LogP contribution in [0.5, 0.6) is 0 Å². The fourth-order valence-electron chi connectivity index (χ4n) is 1.73. The molecule has 5 nitrogen and oxygen atoms in total. The number of pyridine rings is 1. The minimum absolute atomic E-state index is 0.0750. The van der Waals surface area contributed by atoms with Crippen LogP contribution in [0.15, 0.2) is 16.7 Å². The zero-order valence-electron chi connectivity index (χ0n) is 9.52. The Balaban J connectivity index is 2.30. The number of nitrogens with zero attached hydrogens (tertiary/aromatic N) is 2. The average Bonchev–Trinajstić information content (AvgIpc) is 2.67. The van der Waals surface area contributed by atoms with E-state index in [0.29, 0.717) is 28.8 Å². The first-order valence-corrected chi connectivity index (χ1v) is 6.44. The van der Waals surface area contributed by atoms with E-state index in [0.717, 1.165) is 0 Å². The summed E-state index contributed by atoms with van der Waals surface area (Å²) in [5.74, 6) is -0.0810. The van der Waals surface area contributed by atoms with Crippen LogP contribution in [0.3, 0.4) is 0 Å². The first-order valence-electron chi connectivity index (χ1n) is 5.21. The van der Waals surface area contributed by atoms with Crippen molar-refractivity contribution >= 4 is 45.2 Å². The minimum Gasteiger partial charge on any atom is -0.465 e. The van der Waals surface area contributed by atoms with Crippen molar-refractivity contribution in [1.29, 1.82) is 0 Å². The molecule has 0 N–H and O–H groups in total. The van der Waals surface area contributed by atoms with E-state index in [2.05, 4.69) is 25.7 Å². The number of hydrogen-bond donors (Lipinski definition) is 0. The Hall–Kier alpha value is -1.14. The summed E-state index contributed by atoms with van der Waals surface area (Å²) in [7, 11) is 1.30. The number of alkyl halides is 1. The van der Waals surface area contributed by atoms with Crippen molar-refractivity contribution in [2.45, 2.75) is 11.8 Å². The summed E-state index contributed by atoms with van der Waals surface area (Å²) in [5.41, 5.74) is 0.321. The second-order valence-electron chi connectivity index (χ2n) is 3.83. The lowest BCUT2D eigenvalue weighted by atomic mass is 10.3. The van der Waals surface area contributed by atoms with Crippen LogP contribution < -0.4 is 4.90 Å². The molecule has 18 heavy (non-hydrogen) atoms. The summed E-state index contributed by atoms with van der Waals surface area (Å²) in [6, 6.07) is 1.57. The largest absolute Gasteiger partial charge is 0.465 e. The van der Waals surface area contributed by atoms with E-state index in [9.17, 15) is 9.59 Å². The minimum atomic E-state index is -0.474. The van der Waals surface area contributed by atoms with Gasteiger partial charge in [0.2, 0.25) is 5.91 Å². The van der Waals surface area contributed by atoms with Gasteiger partial charge in [-0.05, 0) is 22.0 Å². The second-order valence-corrected chi connectivity index (χ2v) is 5.30. The molecule has 7 heteroatoms. The first kappa shape index (κ1) is 13.3. The molecule has 2 heterocycles. The fraction of sp³-hybridized carbons (Fsp3) is 0.364. The molecule has 0 radical (unpaired) electrons. The summed E-state index contributed by atoms with van der Waals surface area (Å²) in [5, 5.41) is -0.202. The number of anilines is 1. The quantitative estimate of drug-likeness (QED) is 0.613. The van der Waals surface area contributed by atoms with Crippen LogP contribution >= 0.6 is 27.5 Å². The van der Waals surface area contributed by atoms with E-state index in [4.69, 9.17) is 11.6 Å². The van der Waals surface area contributed by atoms with Crippen molar-refractivity contribution < 1.29 is 14.3 Å². The van der Waals surface area contributed by atoms with Gasteiger partial charge in [0, 0.05) is 19.2 Å². The summed E-state index contributed by atoms with van der Waals surface area (Å²) >= 11 is 9.22. The van der Waals surface area contributed by atoms with Gasteiger partial charge in [-0.2, -0.15) is 0 Å². The number of methoxy groups -OCH3 is 1. The molecule has 1 unspecified atom stereocenters. The van der Waals surface area contributed by atoms with Crippen molar-refractivity contribution in [3.05, 3.63) is 22.3 Å². The van der Waals surface area contributed by atoms with Gasteiger partial charge in [-0.15, -0.1) is 11.6 Å². The predicted octanol–water partition coefficient (Wildman–Crippen LogP) is 1.97. The fourth-order valence-corrected chi connectivity index (χ4v) is 2.56. The Kier molecular flexibility index (Phi) is 3.87. The monoisotopic (exact) mass is 332 g/mol. The molecular formula is C11H10BrClN2O3. The Morgan fingerprint density at radius 3 is 2.89 bits per heavy atom. The summed E-state index contributed by atoms with van der Waals surface area (Å²) in [6.45, 7) is 0.420. The smallest absolute Gasteiger partial charge is 0.339 e. The van der Waals surface area contributed by atoms with Crippen LogP contribution in [0.1, 0.15) is 16.8 Å². The molecule has 1 amide bonds. The SMILES string of the molecule is COC(=O)c1cnc(N2CC(Cl)CC2=O)c(Br)c1. The lowest BCUT2D eigenvalue weighted by Crippen LogP contribution is -2.26. The number of hydrogen-bond acceptors (Lipinski definition) is 4. The third kappa shape index (κ3) is 2.49. The number of carbonyl (C=O) groups is 2. The third-order valence-corrected chi connectivity index (χ3v) is 3.45. The van der Waals surface area contributed by atoms with Gasteiger partial charge in [-0.25, -0.2) is 9.78 Å². The van der Waals surface area contributed by atoms with Gasteiger partial charge in [-0.3, -0.25) is 9.69 Å². The molecule has 2 rings (SSSR count). The maximum absolute atomic E-state index is 11.7. The highest BCUT2D eigenvalue weighted by Gasteiger charge is 2.31. The molecule has 0 saturated carbocycles. The van der Waals surface area contributed by atoms with Crippen LogP contribution in [-0.4, -0.2) is 35.9 Å². The van der Waals surface area contributed by atoms with E-state index >= 15 is 0 Å². The Morgan fingerprint density at radius 2 is 2.39 bits per heavy atom. The molecule has 1 aromatic rings. The molecular weight excluding hydrogens is 323 g/mol. The Bertz CT molecular complexity index is 509. The van der Waals surface area contributed by atoms with Gasteiger partial charge >= 0.3 is 5.97 Å². The number of carbonyl (C=O) groups excluding carboxylic acids is 2. The molecule has 0 spiro atoms. The number of aromatic nitrogens is 1. The molecule has 1 aliphatic rings. The molecule has 1 atom stereocenters. The predicted molar refractivity (Wildman–Crippen MR) is 69.9 cm³/mol. The van der Waals surface area contributed by atoms with Gasteiger partial charge in [0.05, 0.1) is 22.5 Å². The number of esters is 1. The molecule has 1 aliphatic heterocycles. The maximum Gasteiger partial charge on any atom is 0.339 e. The average molecular weight is 334 g/mol. The molecule has 0 bridgehead atoms. The number of amides is 1. The molecule has 1 saturated heterocycles. The Labute approximate surface area is 117 Å². The topological polar surface area (TPSA) is 59.5 Å². The van der Waals surface area contributed by atoms with Crippen molar-refractivity contribution in [2.75, 3.05) is 18.6 Å². The van der Waals surface area contributed by atoms with Crippen LogP contribution in [0.2, 0.25) is 0 Å². The van der Waals surface area contributed by atoms with Crippen LogP contribution in [0, 0.1) is 0 Å². The van der Waals surface area contributed by atoms with Gasteiger partial charge in [0.15, 0.2) is 0 Å². The summed E-state index contributed by atoms with van der Waals surface area (Å²) in [4.78, 5) is 28.6. The number of rotatable bonds is 2. The van der Waals surface area contributed by atoms with Crippen molar-refractivity contribution in [2.24, 2.45) is 0 Å². The van der Waals surface area contributed by atoms with Crippen LogP contribution in [0.4, 0.5) is 5.82 Å². The Morgan fingerprint density at radius 1 is 1.67 bits per heavy atom. The second kappa shape index (κ2) is 5.24. The summed E-state index contributed by atoms with van der Waals surface area (Å²) < 4.78 is 5.15. The molecule has 1 fully saturated rings. The normalized spacial score (nSPS) is 19.2. The molecule has 0 aliphatic carbocycles. The van der Waals surface area contributed by atoms with Crippen molar-refractivity contribution in [3.63, 3.8) is 0 Å². The van der Waals surface area contributed by atoms with E-state index in [1.807, 2.05) is 0 Å². The highest BCUT2D eigenvalue weighted by Crippen LogP contribution is 2.29. The third-order valence-electron chi connectivity index (χ3n) is 2.58. The zero-order valence-corrected chi connectivity index (χ0v) is 11.9. The van der Waals surface area contributed by atoms with E-state index in [-0.39, 0.29) is 11.3 Å². The molecule has 0 aromatic carbocycles. The first-order chi connectivity index (χ1) is 8.52. The lowest BCUT2D eigenvalue weighted by molar-refractivity contribution is -0.117. The van der Waals surface area contributed by atoms with Gasteiger partial charge in [-0.1, -0.05) is 0 Å². The van der Waals surface area contributed by atoms with E-state index in [1.165, 1.54) is 18.2 Å². The molecule has 1 aromatic heterocycles. The summed E-state index contributed by atoms with van der Waals surface area (Å²) in [6.07, 6.45) is 1.68. The lowest BCUT2D eigenvalue weighted by Gasteiger charge is -2.16. The van der Waals surface area contributed by atoms with E-state index in [1.54, 1.807) is 6.07 Å². The van der Waals surface area contributed by atoms with E-state index < -0.39 is 5.97 Å². The number of halogens is 2. The van der Waals surface area contributed by atoms with Gasteiger partial charge in [0.25, 0.3) is 0 Å². The van der Waals surface area contributed by atoms with Crippen LogP contribution in [0.25, 0.3) is 0 Å². The zero-order chi connectivity index (χ0) is 13.3. The van der Waals surface area contributed by atoms with Gasteiger partial charge < -0.3 is 4.74 Å². The van der Waals surface area contributed by atoms with Crippen molar-refractivity contribution in [1.82, 2.24) is 4.98 Å². The number of ether oxygens (including phenoxy) is 1. The highest BCUT2D eigenvalue weighted by molar-refractivity contribution is 9.10. The van der Waals surface area contributed by atoms with Crippen molar-refractivity contribution in [3.8, 4) is 0 Å². The highest BCUT2D eigenvalue weighted by atomic mass is 79.9. The maximum atomic E-state index is 11.7. The van der Waals surface area contributed by atoms with Gasteiger partial charge in [0.1, 0.15) is 5.82 Å². The van der Waals surface area contributed by atoms with Crippen LogP contribution in [-0.2, 0) is 9.53 Å². The standard InChI is InChI=1S/C11H10BrClN2O3/c1-18-11(17)6-2-8(12)10(14-4-6)15-5-7(13)3-9(15)16/h2,4,7H,3,5H2,1H3.